The number of esters is 1. The third-order valence-corrected chi connectivity index (χ3v) is 4.46. The summed E-state index contributed by atoms with van der Waals surface area (Å²) in [4.78, 5) is 25.8. The van der Waals surface area contributed by atoms with Gasteiger partial charge in [-0.3, -0.25) is 0 Å². The van der Waals surface area contributed by atoms with Gasteiger partial charge in [0.05, 0.1) is 12.7 Å². The first-order chi connectivity index (χ1) is 13.0. The molecule has 0 bridgehead atoms. The number of carbonyl (C=O) groups is 2. The lowest BCUT2D eigenvalue weighted by Gasteiger charge is -2.16. The molecule has 0 aliphatic carbocycles. The van der Waals surface area contributed by atoms with Crippen molar-refractivity contribution in [3.8, 4) is 11.8 Å². The molecule has 5 heteroatoms. The number of likely N-dealkylation sites (tertiary alicyclic amines) is 1. The maximum absolute atomic E-state index is 12.3. The minimum atomic E-state index is -0.389. The molecular weight excluding hydrogens is 340 g/mol. The second-order valence-corrected chi connectivity index (χ2v) is 6.67. The largest absolute Gasteiger partial charge is 0.465 e. The van der Waals surface area contributed by atoms with Crippen LogP contribution < -0.4 is 5.32 Å². The van der Waals surface area contributed by atoms with Gasteiger partial charge in [-0.25, -0.2) is 9.59 Å². The number of ether oxygens (including phenoxy) is 1. The van der Waals surface area contributed by atoms with E-state index in [-0.39, 0.29) is 12.0 Å². The van der Waals surface area contributed by atoms with Gasteiger partial charge in [-0.05, 0) is 48.7 Å². The van der Waals surface area contributed by atoms with E-state index in [9.17, 15) is 9.59 Å². The number of carbonyl (C=O) groups excluding carboxylic acids is 2. The van der Waals surface area contributed by atoms with Gasteiger partial charge in [0, 0.05) is 29.9 Å². The van der Waals surface area contributed by atoms with Crippen molar-refractivity contribution in [3.05, 3.63) is 65.2 Å². The average Bonchev–Trinajstić information content (AvgIpc) is 3.13. The first kappa shape index (κ1) is 18.5. The van der Waals surface area contributed by atoms with Crippen molar-refractivity contribution in [1.29, 1.82) is 0 Å². The number of hydrogen-bond donors (Lipinski definition) is 1. The molecule has 2 amide bonds. The summed E-state index contributed by atoms with van der Waals surface area (Å²) in [6, 6.07) is 14.3. The average molecular weight is 362 g/mol. The van der Waals surface area contributed by atoms with Gasteiger partial charge in [0.15, 0.2) is 0 Å². The fourth-order valence-corrected chi connectivity index (χ4v) is 2.98. The Morgan fingerprint density at radius 2 is 1.81 bits per heavy atom. The molecule has 1 unspecified atom stereocenters. The van der Waals surface area contributed by atoms with Crippen LogP contribution in [-0.4, -0.2) is 37.1 Å². The fraction of sp³-hybridized carbons (Fsp3) is 0.273. The van der Waals surface area contributed by atoms with E-state index in [0.717, 1.165) is 36.3 Å². The molecule has 1 atom stereocenters. The SMILES string of the molecule is COC(=O)c1cccc(C#Cc2cccc(NC(=O)N3CCC(C)C3)c2)c1. The van der Waals surface area contributed by atoms with Gasteiger partial charge >= 0.3 is 12.0 Å². The van der Waals surface area contributed by atoms with Crippen molar-refractivity contribution in [2.24, 2.45) is 5.92 Å². The molecule has 1 saturated heterocycles. The number of nitrogens with one attached hydrogen (secondary N) is 1. The number of nitrogens with zero attached hydrogens (tertiary/aromatic N) is 1. The Balaban J connectivity index is 1.71. The zero-order valence-electron chi connectivity index (χ0n) is 15.5. The van der Waals surface area contributed by atoms with Crippen LogP contribution in [0.15, 0.2) is 48.5 Å². The summed E-state index contributed by atoms with van der Waals surface area (Å²) in [5.41, 5.74) is 2.68. The summed E-state index contributed by atoms with van der Waals surface area (Å²) >= 11 is 0. The van der Waals surface area contributed by atoms with Gasteiger partial charge in [0.1, 0.15) is 0 Å². The Bertz CT molecular complexity index is 911. The molecular formula is C22H22N2O3. The van der Waals surface area contributed by atoms with Crippen LogP contribution in [-0.2, 0) is 4.74 Å². The highest BCUT2D eigenvalue weighted by atomic mass is 16.5. The first-order valence-electron chi connectivity index (χ1n) is 8.91. The summed E-state index contributed by atoms with van der Waals surface area (Å²) in [5, 5.41) is 2.93. The molecule has 1 fully saturated rings. The number of anilines is 1. The molecule has 27 heavy (non-hydrogen) atoms. The summed E-state index contributed by atoms with van der Waals surface area (Å²) < 4.78 is 4.72. The van der Waals surface area contributed by atoms with E-state index in [0.29, 0.717) is 11.5 Å². The standard InChI is InChI=1S/C22H22N2O3/c1-16-11-12-24(15-16)22(26)23-20-8-4-6-18(14-20)10-9-17-5-3-7-19(13-17)21(25)27-2/h3-8,13-14,16H,11-12,15H2,1-2H3,(H,23,26). The summed E-state index contributed by atoms with van der Waals surface area (Å²) in [5.74, 6) is 6.27. The summed E-state index contributed by atoms with van der Waals surface area (Å²) in [6.45, 7) is 3.74. The molecule has 2 aromatic carbocycles. The highest BCUT2D eigenvalue weighted by molar-refractivity contribution is 5.90. The first-order valence-corrected chi connectivity index (χ1v) is 8.91. The van der Waals surface area contributed by atoms with Crippen LogP contribution in [0.5, 0.6) is 0 Å². The molecule has 5 nitrogen and oxygen atoms in total. The predicted octanol–water partition coefficient (Wildman–Crippen LogP) is 3.75. The van der Waals surface area contributed by atoms with Crippen molar-refractivity contribution in [2.45, 2.75) is 13.3 Å². The second-order valence-electron chi connectivity index (χ2n) is 6.67. The van der Waals surface area contributed by atoms with E-state index in [2.05, 4.69) is 24.1 Å². The van der Waals surface area contributed by atoms with E-state index in [1.807, 2.05) is 35.2 Å². The smallest absolute Gasteiger partial charge is 0.337 e. The molecule has 0 saturated carbocycles. The third-order valence-electron chi connectivity index (χ3n) is 4.46. The number of rotatable bonds is 2. The van der Waals surface area contributed by atoms with Gasteiger partial charge in [0.2, 0.25) is 0 Å². The fourth-order valence-electron chi connectivity index (χ4n) is 2.98. The van der Waals surface area contributed by atoms with Crippen LogP contribution in [0.2, 0.25) is 0 Å². The van der Waals surface area contributed by atoms with Gasteiger partial charge < -0.3 is 15.0 Å². The lowest BCUT2D eigenvalue weighted by Crippen LogP contribution is -2.32. The Morgan fingerprint density at radius 3 is 2.48 bits per heavy atom. The monoisotopic (exact) mass is 362 g/mol. The lowest BCUT2D eigenvalue weighted by atomic mass is 10.1. The maximum atomic E-state index is 12.3. The van der Waals surface area contributed by atoms with Crippen molar-refractivity contribution >= 4 is 17.7 Å². The van der Waals surface area contributed by atoms with E-state index >= 15 is 0 Å². The number of amides is 2. The van der Waals surface area contributed by atoms with E-state index in [1.165, 1.54) is 7.11 Å². The topological polar surface area (TPSA) is 58.6 Å². The zero-order chi connectivity index (χ0) is 19.2. The van der Waals surface area contributed by atoms with E-state index < -0.39 is 0 Å². The van der Waals surface area contributed by atoms with Crippen LogP contribution in [0.1, 0.15) is 34.8 Å². The Kier molecular flexibility index (Phi) is 5.77. The minimum Gasteiger partial charge on any atom is -0.465 e. The van der Waals surface area contributed by atoms with E-state index in [4.69, 9.17) is 4.74 Å². The molecule has 1 aliphatic heterocycles. The normalized spacial score (nSPS) is 15.6. The summed E-state index contributed by atoms with van der Waals surface area (Å²) in [6.07, 6.45) is 1.05. The highest BCUT2D eigenvalue weighted by Gasteiger charge is 2.23. The third kappa shape index (κ3) is 4.89. The molecule has 0 radical (unpaired) electrons. The number of urea groups is 1. The van der Waals surface area contributed by atoms with Gasteiger partial charge in [-0.2, -0.15) is 0 Å². The molecule has 2 aromatic rings. The predicted molar refractivity (Wildman–Crippen MR) is 105 cm³/mol. The van der Waals surface area contributed by atoms with Crippen molar-refractivity contribution in [2.75, 3.05) is 25.5 Å². The van der Waals surface area contributed by atoms with Gasteiger partial charge in [0.25, 0.3) is 0 Å². The van der Waals surface area contributed by atoms with Crippen LogP contribution in [0.25, 0.3) is 0 Å². The van der Waals surface area contributed by atoms with Crippen LogP contribution in [0.4, 0.5) is 10.5 Å². The van der Waals surface area contributed by atoms with E-state index in [1.54, 1.807) is 18.2 Å². The maximum Gasteiger partial charge on any atom is 0.337 e. The highest BCUT2D eigenvalue weighted by Crippen LogP contribution is 2.17. The molecule has 0 aromatic heterocycles. The number of benzene rings is 2. The molecule has 1 aliphatic rings. The number of methoxy groups -OCH3 is 1. The Hall–Kier alpha value is -3.26. The van der Waals surface area contributed by atoms with Crippen molar-refractivity contribution in [1.82, 2.24) is 4.90 Å². The van der Waals surface area contributed by atoms with Gasteiger partial charge in [-0.1, -0.05) is 30.9 Å². The molecule has 3 rings (SSSR count). The minimum absolute atomic E-state index is 0.0739. The zero-order valence-corrected chi connectivity index (χ0v) is 15.5. The number of hydrogen-bond acceptors (Lipinski definition) is 3. The van der Waals surface area contributed by atoms with Crippen LogP contribution in [0.3, 0.4) is 0 Å². The lowest BCUT2D eigenvalue weighted by molar-refractivity contribution is 0.0600. The Labute approximate surface area is 159 Å². The van der Waals surface area contributed by atoms with Gasteiger partial charge in [-0.15, -0.1) is 0 Å². The van der Waals surface area contributed by atoms with Crippen LogP contribution >= 0.6 is 0 Å². The summed E-state index contributed by atoms with van der Waals surface area (Å²) in [7, 11) is 1.35. The molecule has 138 valence electrons. The van der Waals surface area contributed by atoms with Crippen molar-refractivity contribution < 1.29 is 14.3 Å². The Morgan fingerprint density at radius 1 is 1.11 bits per heavy atom. The quantitative estimate of drug-likeness (QED) is 0.654. The van der Waals surface area contributed by atoms with Crippen molar-refractivity contribution in [3.63, 3.8) is 0 Å². The molecule has 1 heterocycles. The molecule has 1 N–H and O–H groups in total. The second kappa shape index (κ2) is 8.41. The molecule has 0 spiro atoms. The van der Waals surface area contributed by atoms with Crippen LogP contribution in [0, 0.1) is 17.8 Å².